The van der Waals surface area contributed by atoms with Crippen LogP contribution in [0.1, 0.15) is 36.1 Å². The van der Waals surface area contributed by atoms with Crippen LogP contribution >= 0.6 is 22.9 Å². The van der Waals surface area contributed by atoms with Gasteiger partial charge in [-0.25, -0.2) is 14.4 Å². The molecule has 1 aliphatic heterocycles. The number of rotatable bonds is 4. The molecule has 1 N–H and O–H groups in total. The van der Waals surface area contributed by atoms with Gasteiger partial charge in [0.2, 0.25) is 0 Å². The highest BCUT2D eigenvalue weighted by Crippen LogP contribution is 2.40. The van der Waals surface area contributed by atoms with Gasteiger partial charge in [-0.05, 0) is 74.9 Å². The smallest absolute Gasteiger partial charge is 0.142 e. The van der Waals surface area contributed by atoms with Gasteiger partial charge < -0.3 is 10.2 Å². The Labute approximate surface area is 179 Å². The van der Waals surface area contributed by atoms with Crippen LogP contribution in [-0.2, 0) is 12.8 Å². The fraction of sp³-hybridized carbons (Fsp3) is 0.455. The van der Waals surface area contributed by atoms with E-state index in [0.717, 1.165) is 40.5 Å². The van der Waals surface area contributed by atoms with Crippen LogP contribution in [0, 0.1) is 11.7 Å². The van der Waals surface area contributed by atoms with E-state index in [-0.39, 0.29) is 5.02 Å². The normalized spacial score (nSPS) is 20.0. The van der Waals surface area contributed by atoms with Crippen LogP contribution in [0.2, 0.25) is 5.02 Å². The van der Waals surface area contributed by atoms with Crippen molar-refractivity contribution in [1.29, 1.82) is 0 Å². The molecule has 2 aliphatic rings. The van der Waals surface area contributed by atoms with Gasteiger partial charge in [0.25, 0.3) is 0 Å². The van der Waals surface area contributed by atoms with Crippen LogP contribution in [0.25, 0.3) is 10.2 Å². The zero-order chi connectivity index (χ0) is 19.8. The van der Waals surface area contributed by atoms with Crippen molar-refractivity contribution in [2.75, 3.05) is 25.0 Å². The standard InChI is InChI=1S/C22H24ClFN4S/c23-17-11-15(5-7-18(17)24)27-21-20-16-6-4-14(12-28-8-2-1-3-9-28)10-19(16)29-22(20)26-13-25-21/h5,7,11,13-14H,1-4,6,8-10,12H2,(H,25,26,27). The summed E-state index contributed by atoms with van der Waals surface area (Å²) in [6, 6.07) is 4.65. The van der Waals surface area contributed by atoms with Crippen molar-refractivity contribution in [3.63, 3.8) is 0 Å². The van der Waals surface area contributed by atoms with E-state index in [4.69, 9.17) is 11.6 Å². The number of aryl methyl sites for hydroxylation is 1. The fourth-order valence-electron chi connectivity index (χ4n) is 4.65. The molecular weight excluding hydrogens is 407 g/mol. The maximum atomic E-state index is 13.5. The van der Waals surface area contributed by atoms with E-state index in [1.807, 2.05) is 0 Å². The Balaban J connectivity index is 1.40. The predicted molar refractivity (Wildman–Crippen MR) is 118 cm³/mol. The average Bonchev–Trinajstić information content (AvgIpc) is 3.10. The molecule has 0 spiro atoms. The first-order valence-electron chi connectivity index (χ1n) is 10.4. The molecule has 1 fully saturated rings. The third-order valence-electron chi connectivity index (χ3n) is 6.09. The van der Waals surface area contributed by atoms with Crippen LogP contribution in [0.3, 0.4) is 0 Å². The van der Waals surface area contributed by atoms with E-state index in [2.05, 4.69) is 20.2 Å². The van der Waals surface area contributed by atoms with E-state index in [0.29, 0.717) is 0 Å². The van der Waals surface area contributed by atoms with Crippen LogP contribution < -0.4 is 5.32 Å². The molecular formula is C22H24ClFN4S. The first-order chi connectivity index (χ1) is 14.2. The lowest BCUT2D eigenvalue weighted by Crippen LogP contribution is -2.35. The summed E-state index contributed by atoms with van der Waals surface area (Å²) in [7, 11) is 0. The summed E-state index contributed by atoms with van der Waals surface area (Å²) in [6.07, 6.45) is 9.09. The monoisotopic (exact) mass is 430 g/mol. The number of piperidine rings is 1. The number of hydrogen-bond acceptors (Lipinski definition) is 5. The number of nitrogens with one attached hydrogen (secondary N) is 1. The van der Waals surface area contributed by atoms with Crippen molar-refractivity contribution in [2.24, 2.45) is 5.92 Å². The lowest BCUT2D eigenvalue weighted by atomic mass is 9.87. The molecule has 2 aromatic heterocycles. The Morgan fingerprint density at radius 1 is 1.21 bits per heavy atom. The summed E-state index contributed by atoms with van der Waals surface area (Å²) in [4.78, 5) is 14.1. The number of thiophene rings is 1. The summed E-state index contributed by atoms with van der Waals surface area (Å²) in [5.41, 5.74) is 2.12. The summed E-state index contributed by atoms with van der Waals surface area (Å²) >= 11 is 7.74. The number of nitrogens with zero attached hydrogens (tertiary/aromatic N) is 3. The lowest BCUT2D eigenvalue weighted by Gasteiger charge is -2.32. The molecule has 3 aromatic rings. The maximum Gasteiger partial charge on any atom is 0.142 e. The van der Waals surface area contributed by atoms with Gasteiger partial charge in [-0.15, -0.1) is 11.3 Å². The van der Waals surface area contributed by atoms with Gasteiger partial charge in [0.05, 0.1) is 10.4 Å². The molecule has 3 heterocycles. The topological polar surface area (TPSA) is 41.1 Å². The molecule has 1 unspecified atom stereocenters. The van der Waals surface area contributed by atoms with E-state index >= 15 is 0 Å². The van der Waals surface area contributed by atoms with Gasteiger partial charge >= 0.3 is 0 Å². The van der Waals surface area contributed by atoms with Crippen molar-refractivity contribution < 1.29 is 4.39 Å². The number of likely N-dealkylation sites (tertiary alicyclic amines) is 1. The first kappa shape index (κ1) is 19.2. The molecule has 0 saturated carbocycles. The van der Waals surface area contributed by atoms with Crippen molar-refractivity contribution in [3.8, 4) is 0 Å². The molecule has 29 heavy (non-hydrogen) atoms. The highest BCUT2D eigenvalue weighted by atomic mass is 35.5. The van der Waals surface area contributed by atoms with E-state index in [1.165, 1.54) is 61.8 Å². The van der Waals surface area contributed by atoms with Gasteiger partial charge in [-0.3, -0.25) is 0 Å². The van der Waals surface area contributed by atoms with E-state index < -0.39 is 5.82 Å². The second-order valence-electron chi connectivity index (χ2n) is 8.13. The number of anilines is 2. The zero-order valence-corrected chi connectivity index (χ0v) is 17.8. The Kier molecular flexibility index (Phi) is 5.41. The SMILES string of the molecule is Fc1ccc(Nc2ncnc3sc4c(c23)CCC(CN2CCCCC2)C4)cc1Cl. The second kappa shape index (κ2) is 8.17. The van der Waals surface area contributed by atoms with E-state index in [9.17, 15) is 4.39 Å². The number of aromatic nitrogens is 2. The molecule has 4 nitrogen and oxygen atoms in total. The minimum absolute atomic E-state index is 0.105. The number of benzene rings is 1. The van der Waals surface area contributed by atoms with Crippen LogP contribution in [-0.4, -0.2) is 34.5 Å². The van der Waals surface area contributed by atoms with Gasteiger partial charge in [-0.2, -0.15) is 0 Å². The minimum Gasteiger partial charge on any atom is -0.340 e. The highest BCUT2D eigenvalue weighted by molar-refractivity contribution is 7.19. The average molecular weight is 431 g/mol. The van der Waals surface area contributed by atoms with Gasteiger partial charge in [-0.1, -0.05) is 18.0 Å². The predicted octanol–water partition coefficient (Wildman–Crippen LogP) is 5.82. The number of fused-ring (bicyclic) bond motifs is 3. The highest BCUT2D eigenvalue weighted by Gasteiger charge is 2.27. The molecule has 152 valence electrons. The Bertz CT molecular complexity index is 1030. The molecule has 1 aromatic carbocycles. The van der Waals surface area contributed by atoms with Gasteiger partial charge in [0, 0.05) is 17.1 Å². The molecule has 1 aliphatic carbocycles. The number of halogens is 2. The first-order valence-corrected chi connectivity index (χ1v) is 11.6. The molecule has 0 radical (unpaired) electrons. The van der Waals surface area contributed by atoms with Crippen molar-refractivity contribution in [2.45, 2.75) is 38.5 Å². The Hall–Kier alpha value is -1.76. The van der Waals surface area contributed by atoms with Crippen LogP contribution in [0.4, 0.5) is 15.9 Å². The Morgan fingerprint density at radius 3 is 2.90 bits per heavy atom. The molecule has 0 bridgehead atoms. The molecule has 0 amide bonds. The lowest BCUT2D eigenvalue weighted by molar-refractivity contribution is 0.188. The van der Waals surface area contributed by atoms with Crippen LogP contribution in [0.15, 0.2) is 24.5 Å². The summed E-state index contributed by atoms with van der Waals surface area (Å²) in [6.45, 7) is 3.74. The second-order valence-corrected chi connectivity index (χ2v) is 9.62. The quantitative estimate of drug-likeness (QED) is 0.566. The minimum atomic E-state index is -0.419. The van der Waals surface area contributed by atoms with Crippen molar-refractivity contribution >= 4 is 44.7 Å². The van der Waals surface area contributed by atoms with Crippen LogP contribution in [0.5, 0.6) is 0 Å². The maximum absolute atomic E-state index is 13.5. The third kappa shape index (κ3) is 3.98. The van der Waals surface area contributed by atoms with E-state index in [1.54, 1.807) is 29.8 Å². The van der Waals surface area contributed by atoms with Crippen molar-refractivity contribution in [1.82, 2.24) is 14.9 Å². The fourth-order valence-corrected chi connectivity index (χ4v) is 6.13. The molecule has 1 atom stereocenters. The summed E-state index contributed by atoms with van der Waals surface area (Å²) in [5, 5.41) is 4.54. The van der Waals surface area contributed by atoms with Gasteiger partial charge in [0.15, 0.2) is 0 Å². The third-order valence-corrected chi connectivity index (χ3v) is 7.55. The summed E-state index contributed by atoms with van der Waals surface area (Å²) in [5.74, 6) is 1.09. The number of hydrogen-bond donors (Lipinski definition) is 1. The molecule has 5 rings (SSSR count). The Morgan fingerprint density at radius 2 is 2.07 bits per heavy atom. The molecule has 7 heteroatoms. The van der Waals surface area contributed by atoms with Crippen molar-refractivity contribution in [3.05, 3.63) is 45.8 Å². The zero-order valence-electron chi connectivity index (χ0n) is 16.3. The largest absolute Gasteiger partial charge is 0.340 e. The van der Waals surface area contributed by atoms with Gasteiger partial charge in [0.1, 0.15) is 22.8 Å². The summed E-state index contributed by atoms with van der Waals surface area (Å²) < 4.78 is 13.5. The molecule has 1 saturated heterocycles.